The topological polar surface area (TPSA) is 77.8 Å². The molecule has 0 unspecified atom stereocenters. The van der Waals surface area contributed by atoms with Gasteiger partial charge in [-0.15, -0.1) is 0 Å². The molecule has 0 fully saturated rings. The summed E-state index contributed by atoms with van der Waals surface area (Å²) in [5.41, 5.74) is 1.30. The quantitative estimate of drug-likeness (QED) is 0.0576. The number of alkyl halides is 2. The molecular weight excluding hydrogens is 754 g/mol. The molecule has 0 saturated carbocycles. The highest BCUT2D eigenvalue weighted by Gasteiger charge is 2.52. The molecule has 0 spiro atoms. The summed E-state index contributed by atoms with van der Waals surface area (Å²) in [5.74, 6) is -2.07. The van der Waals surface area contributed by atoms with Crippen LogP contribution in [-0.2, 0) is 15.0 Å². The molecule has 1 aliphatic heterocycles. The van der Waals surface area contributed by atoms with Crippen molar-refractivity contribution in [3.8, 4) is 0 Å². The third-order valence-corrected chi connectivity index (χ3v) is 11.7. The lowest BCUT2D eigenvalue weighted by Gasteiger charge is -2.46. The van der Waals surface area contributed by atoms with Gasteiger partial charge in [-0.2, -0.15) is 0 Å². The smallest absolute Gasteiger partial charge is 0.334 e. The zero-order valence-corrected chi connectivity index (χ0v) is 34.8. The normalized spacial score (nSPS) is 14.5. The average molecular weight is 824 g/mol. The molecule has 50 heavy (non-hydrogen) atoms. The van der Waals surface area contributed by atoms with Crippen LogP contribution in [0.4, 0.5) is 0 Å². The molecule has 0 bridgehead atoms. The van der Waals surface area contributed by atoms with E-state index in [4.69, 9.17) is 0 Å². The van der Waals surface area contributed by atoms with E-state index < -0.39 is 17.4 Å². The van der Waals surface area contributed by atoms with Crippen molar-refractivity contribution in [3.63, 3.8) is 0 Å². The van der Waals surface area contributed by atoms with Gasteiger partial charge in [0.1, 0.15) is 0 Å². The van der Waals surface area contributed by atoms with Crippen LogP contribution in [0.1, 0.15) is 180 Å². The molecule has 5 nitrogen and oxygen atoms in total. The second-order valence-electron chi connectivity index (χ2n) is 14.5. The Hall–Kier alpha value is -1.60. The van der Waals surface area contributed by atoms with E-state index in [0.717, 1.165) is 44.1 Å². The Morgan fingerprint density at radius 3 is 1.22 bits per heavy atom. The van der Waals surface area contributed by atoms with E-state index in [1.807, 2.05) is 35.2 Å². The predicted molar refractivity (Wildman–Crippen MR) is 219 cm³/mol. The van der Waals surface area contributed by atoms with Crippen molar-refractivity contribution >= 4 is 43.8 Å². The molecule has 0 amide bonds. The average Bonchev–Trinajstić information content (AvgIpc) is 3.12. The molecule has 1 aromatic rings. The molecule has 1 aromatic carbocycles. The summed E-state index contributed by atoms with van der Waals surface area (Å²) in [5, 5.41) is 22.6. The van der Waals surface area contributed by atoms with Crippen molar-refractivity contribution in [2.45, 2.75) is 180 Å². The third-order valence-electron chi connectivity index (χ3n) is 10.7. The van der Waals surface area contributed by atoms with Crippen molar-refractivity contribution in [1.29, 1.82) is 0 Å². The minimum absolute atomic E-state index is 0.213. The number of hydrogen-bond acceptors (Lipinski definition) is 3. The van der Waals surface area contributed by atoms with Gasteiger partial charge in [0.05, 0.1) is 16.6 Å². The third kappa shape index (κ3) is 14.4. The van der Waals surface area contributed by atoms with Crippen molar-refractivity contribution in [1.82, 2.24) is 4.90 Å². The summed E-state index contributed by atoms with van der Waals surface area (Å²) in [4.78, 5) is 28.8. The van der Waals surface area contributed by atoms with E-state index in [9.17, 15) is 19.8 Å². The van der Waals surface area contributed by atoms with Gasteiger partial charge >= 0.3 is 11.9 Å². The van der Waals surface area contributed by atoms with E-state index in [1.54, 1.807) is 0 Å². The lowest BCUT2D eigenvalue weighted by atomic mass is 9.62. The first-order valence-electron chi connectivity index (χ1n) is 20.3. The molecule has 1 aliphatic rings. The molecule has 284 valence electrons. The van der Waals surface area contributed by atoms with Gasteiger partial charge in [0, 0.05) is 28.6 Å². The first-order valence-corrected chi connectivity index (χ1v) is 22.5. The van der Waals surface area contributed by atoms with Gasteiger partial charge in [-0.25, -0.2) is 9.59 Å². The van der Waals surface area contributed by atoms with Gasteiger partial charge in [-0.1, -0.05) is 224 Å². The van der Waals surface area contributed by atoms with Crippen LogP contribution in [-0.4, -0.2) is 44.3 Å². The van der Waals surface area contributed by atoms with Crippen LogP contribution in [0, 0.1) is 0 Å². The van der Waals surface area contributed by atoms with Crippen molar-refractivity contribution in [2.24, 2.45) is 0 Å². The number of allylic oxidation sites excluding steroid dienone is 2. The number of carboxylic acids is 2. The summed E-state index contributed by atoms with van der Waals surface area (Å²) in [7, 11) is 0. The van der Waals surface area contributed by atoms with Gasteiger partial charge in [0.25, 0.3) is 0 Å². The number of benzene rings is 1. The molecule has 7 heteroatoms. The molecule has 0 radical (unpaired) electrons. The maximum absolute atomic E-state index is 13.4. The highest BCUT2D eigenvalue weighted by molar-refractivity contribution is 9.09. The summed E-state index contributed by atoms with van der Waals surface area (Å²) >= 11 is 7.34. The van der Waals surface area contributed by atoms with Gasteiger partial charge in [-0.05, 0) is 18.4 Å². The van der Waals surface area contributed by atoms with Gasteiger partial charge in [0.2, 0.25) is 0 Å². The number of hydrogen-bond donors (Lipinski definition) is 2. The molecule has 2 N–H and O–H groups in total. The highest BCUT2D eigenvalue weighted by atomic mass is 79.9. The summed E-state index contributed by atoms with van der Waals surface area (Å²) < 4.78 is 0. The lowest BCUT2D eigenvalue weighted by Crippen LogP contribution is -2.47. The Kier molecular flexibility index (Phi) is 24.1. The van der Waals surface area contributed by atoms with E-state index >= 15 is 0 Å². The fraction of sp³-hybridized carbons (Fsp3) is 0.721. The summed E-state index contributed by atoms with van der Waals surface area (Å²) in [6.45, 7) is 5.12. The number of carbonyl (C=O) groups is 2. The van der Waals surface area contributed by atoms with Crippen LogP contribution >= 0.6 is 31.9 Å². The number of unbranched alkanes of at least 4 members (excludes halogenated alkanes) is 22. The zero-order chi connectivity index (χ0) is 36.5. The van der Waals surface area contributed by atoms with Crippen LogP contribution in [0.25, 0.3) is 0 Å². The molecule has 0 aliphatic carbocycles. The summed E-state index contributed by atoms with van der Waals surface area (Å²) in [6, 6.07) is 9.56. The molecule has 1 heterocycles. The van der Waals surface area contributed by atoms with Crippen molar-refractivity contribution in [2.75, 3.05) is 17.2 Å². The number of nitrogens with zero attached hydrogens (tertiary/aromatic N) is 1. The standard InChI is InChI=1S/C43H69Br2NO4/c1-3-5-7-9-11-13-15-17-19-21-23-28-32-43(36-30-26-25-27-31-36)39(41(47)48)37(34-44)46(38(35-45)40(43)42(49)50)33-29-24-22-20-18-16-14-12-10-8-6-4-2/h25-27,30-31H,3-24,28-29,32-35H2,1-2H3,(H,47,48)(H,49,50). The van der Waals surface area contributed by atoms with E-state index in [1.165, 1.54) is 116 Å². The van der Waals surface area contributed by atoms with E-state index in [0.29, 0.717) is 35.0 Å². The zero-order valence-electron chi connectivity index (χ0n) is 31.6. The Bertz CT molecular complexity index is 1110. The van der Waals surface area contributed by atoms with Crippen LogP contribution in [0.5, 0.6) is 0 Å². The second kappa shape index (κ2) is 27.1. The number of rotatable bonds is 31. The first kappa shape index (κ1) is 44.6. The number of halogens is 2. The van der Waals surface area contributed by atoms with Crippen LogP contribution in [0.3, 0.4) is 0 Å². The Labute approximate surface area is 322 Å². The fourth-order valence-electron chi connectivity index (χ4n) is 7.96. The molecule has 0 saturated heterocycles. The molecular formula is C43H69Br2NO4. The fourth-order valence-corrected chi connectivity index (χ4v) is 9.12. The second-order valence-corrected chi connectivity index (χ2v) is 15.6. The SMILES string of the molecule is CCCCCCCCCCCCCCN1C(CBr)=C(C(=O)O)C(CCCCCCCCCCCCCC)(c2ccccc2)C(C(=O)O)=C1CBr. The first-order chi connectivity index (χ1) is 24.4. The van der Waals surface area contributed by atoms with Crippen LogP contribution in [0.15, 0.2) is 52.9 Å². The van der Waals surface area contributed by atoms with Crippen LogP contribution in [0.2, 0.25) is 0 Å². The molecule has 0 aromatic heterocycles. The van der Waals surface area contributed by atoms with E-state index in [-0.39, 0.29) is 11.1 Å². The van der Waals surface area contributed by atoms with Crippen LogP contribution < -0.4 is 0 Å². The van der Waals surface area contributed by atoms with E-state index in [2.05, 4.69) is 45.7 Å². The Morgan fingerprint density at radius 2 is 0.880 bits per heavy atom. The maximum atomic E-state index is 13.4. The Balaban J connectivity index is 2.17. The Morgan fingerprint density at radius 1 is 0.540 bits per heavy atom. The highest BCUT2D eigenvalue weighted by Crippen LogP contribution is 2.51. The number of aliphatic carboxylic acids is 2. The monoisotopic (exact) mass is 821 g/mol. The van der Waals surface area contributed by atoms with Gasteiger partial charge < -0.3 is 15.1 Å². The van der Waals surface area contributed by atoms with Gasteiger partial charge in [0.15, 0.2) is 0 Å². The lowest BCUT2D eigenvalue weighted by molar-refractivity contribution is -0.134. The minimum Gasteiger partial charge on any atom is -0.478 e. The minimum atomic E-state index is -1.24. The van der Waals surface area contributed by atoms with Crippen molar-refractivity contribution in [3.05, 3.63) is 58.4 Å². The molecule has 2 rings (SSSR count). The molecule has 0 atom stereocenters. The largest absolute Gasteiger partial charge is 0.478 e. The van der Waals surface area contributed by atoms with Crippen molar-refractivity contribution < 1.29 is 19.8 Å². The maximum Gasteiger partial charge on any atom is 0.334 e. The van der Waals surface area contributed by atoms with Gasteiger partial charge in [-0.3, -0.25) is 0 Å². The number of carboxylic acid groups (broad SMARTS) is 2. The summed E-state index contributed by atoms with van der Waals surface area (Å²) in [6.07, 6.45) is 29.8. The predicted octanol–water partition coefficient (Wildman–Crippen LogP) is 13.5.